The first-order valence-electron chi connectivity index (χ1n) is 14.3. The van der Waals surface area contributed by atoms with E-state index in [1.165, 1.54) is 19.3 Å². The van der Waals surface area contributed by atoms with E-state index in [1.54, 1.807) is 0 Å². The van der Waals surface area contributed by atoms with E-state index in [0.29, 0.717) is 12.8 Å². The molecule has 216 valence electrons. The third-order valence-corrected chi connectivity index (χ3v) is 9.67. The molecule has 0 saturated carbocycles. The molecule has 0 aromatic heterocycles. The van der Waals surface area contributed by atoms with Gasteiger partial charge in [0.25, 0.3) is 0 Å². The molecule has 36 heavy (non-hydrogen) atoms. The van der Waals surface area contributed by atoms with Gasteiger partial charge in [0.05, 0.1) is 36.2 Å². The van der Waals surface area contributed by atoms with Gasteiger partial charge < -0.3 is 9.47 Å². The van der Waals surface area contributed by atoms with E-state index in [0.717, 1.165) is 64.2 Å². The Morgan fingerprint density at radius 2 is 1.08 bits per heavy atom. The van der Waals surface area contributed by atoms with Crippen molar-refractivity contribution >= 4 is 25.6 Å². The van der Waals surface area contributed by atoms with E-state index in [-0.39, 0.29) is 42.6 Å². The van der Waals surface area contributed by atoms with Crippen molar-refractivity contribution in [2.75, 3.05) is 36.2 Å². The van der Waals surface area contributed by atoms with E-state index < -0.39 is 31.7 Å². The van der Waals surface area contributed by atoms with Crippen molar-refractivity contribution in [1.82, 2.24) is 0 Å². The quantitative estimate of drug-likeness (QED) is 0.0947. The van der Waals surface area contributed by atoms with Crippen LogP contribution in [-0.2, 0) is 33.9 Å². The molecule has 7 nitrogen and oxygen atoms in total. The zero-order valence-electron chi connectivity index (χ0n) is 23.3. The van der Waals surface area contributed by atoms with Crippen LogP contribution in [-0.4, -0.2) is 65.1 Å². The van der Waals surface area contributed by atoms with Gasteiger partial charge in [-0.3, -0.25) is 4.79 Å². The van der Waals surface area contributed by atoms with E-state index in [9.17, 15) is 21.6 Å². The third-order valence-electron chi connectivity index (χ3n) is 6.18. The van der Waals surface area contributed by atoms with Crippen LogP contribution in [0.25, 0.3) is 0 Å². The Morgan fingerprint density at radius 1 is 0.611 bits per heavy atom. The second-order valence-corrected chi connectivity index (χ2v) is 14.5. The Kier molecular flexibility index (Phi) is 21.9. The molecule has 0 unspecified atom stereocenters. The molecule has 0 saturated heterocycles. The van der Waals surface area contributed by atoms with Crippen molar-refractivity contribution in [2.24, 2.45) is 0 Å². The molecule has 0 heterocycles. The van der Waals surface area contributed by atoms with Gasteiger partial charge in [0.1, 0.15) is 6.10 Å². The van der Waals surface area contributed by atoms with Gasteiger partial charge in [0.15, 0.2) is 19.7 Å². The lowest BCUT2D eigenvalue weighted by atomic mass is 10.1. The summed E-state index contributed by atoms with van der Waals surface area (Å²) in [6.07, 6.45) is 14.0. The molecule has 0 fully saturated rings. The van der Waals surface area contributed by atoms with Gasteiger partial charge in [-0.05, 0) is 19.3 Å². The lowest BCUT2D eigenvalue weighted by Crippen LogP contribution is -2.33. The highest BCUT2D eigenvalue weighted by molar-refractivity contribution is 7.91. The molecule has 0 aliphatic rings. The van der Waals surface area contributed by atoms with Gasteiger partial charge in [-0.25, -0.2) is 16.8 Å². The Balaban J connectivity index is 4.63. The molecule has 0 radical (unpaired) electrons. The molecule has 0 aromatic carbocycles. The number of rotatable bonds is 26. The van der Waals surface area contributed by atoms with Crippen LogP contribution in [0.4, 0.5) is 0 Å². The van der Waals surface area contributed by atoms with E-state index in [4.69, 9.17) is 9.47 Å². The molecular weight excluding hydrogens is 500 g/mol. The fraction of sp³-hybridized carbons (Fsp3) is 0.963. The summed E-state index contributed by atoms with van der Waals surface area (Å²) < 4.78 is 60.6. The molecule has 0 rings (SSSR count). The number of sulfone groups is 2. The van der Waals surface area contributed by atoms with Gasteiger partial charge in [-0.1, -0.05) is 97.8 Å². The smallest absolute Gasteiger partial charge is 0.306 e. The lowest BCUT2D eigenvalue weighted by molar-refractivity contribution is -0.150. The molecule has 0 spiro atoms. The highest BCUT2D eigenvalue weighted by Crippen LogP contribution is 2.11. The van der Waals surface area contributed by atoms with Crippen LogP contribution in [0.3, 0.4) is 0 Å². The summed E-state index contributed by atoms with van der Waals surface area (Å²) in [5.74, 6) is -0.612. The van der Waals surface area contributed by atoms with Crippen molar-refractivity contribution < 1.29 is 31.1 Å². The van der Waals surface area contributed by atoms with E-state index in [2.05, 4.69) is 20.8 Å². The SMILES string of the molecule is CCCCCCCCCC(=O)O[C@@H](COCCS(=O)(=O)CCCCCC)CS(=O)(=O)CCCCCC. The predicted molar refractivity (Wildman–Crippen MR) is 149 cm³/mol. The lowest BCUT2D eigenvalue weighted by Gasteiger charge is -2.18. The first-order valence-corrected chi connectivity index (χ1v) is 18.0. The van der Waals surface area contributed by atoms with E-state index >= 15 is 0 Å². The van der Waals surface area contributed by atoms with Crippen LogP contribution in [0.1, 0.15) is 124 Å². The molecule has 0 aliphatic carbocycles. The number of ether oxygens (including phenoxy) is 2. The van der Waals surface area contributed by atoms with Gasteiger partial charge in [0, 0.05) is 6.42 Å². The monoisotopic (exact) mass is 554 g/mol. The zero-order valence-corrected chi connectivity index (χ0v) is 24.9. The van der Waals surface area contributed by atoms with Crippen LogP contribution < -0.4 is 0 Å². The van der Waals surface area contributed by atoms with Gasteiger partial charge in [-0.15, -0.1) is 0 Å². The summed E-state index contributed by atoms with van der Waals surface area (Å²) in [4.78, 5) is 12.4. The van der Waals surface area contributed by atoms with Crippen LogP contribution in [0.5, 0.6) is 0 Å². The maximum absolute atomic E-state index is 12.6. The van der Waals surface area contributed by atoms with Gasteiger partial charge in [0.2, 0.25) is 0 Å². The molecule has 9 heteroatoms. The number of hydrogen-bond donors (Lipinski definition) is 0. The number of carbonyl (C=O) groups is 1. The average molecular weight is 555 g/mol. The topological polar surface area (TPSA) is 104 Å². The number of hydrogen-bond acceptors (Lipinski definition) is 7. The Bertz CT molecular complexity index is 733. The molecule has 0 N–H and O–H groups in total. The minimum Gasteiger partial charge on any atom is -0.459 e. The second kappa shape index (κ2) is 22.3. The largest absolute Gasteiger partial charge is 0.459 e. The number of unbranched alkanes of at least 4 members (excludes halogenated alkanes) is 12. The van der Waals surface area contributed by atoms with Crippen molar-refractivity contribution in [3.05, 3.63) is 0 Å². The second-order valence-electron chi connectivity index (χ2n) is 9.95. The van der Waals surface area contributed by atoms with Crippen molar-refractivity contribution in [3.8, 4) is 0 Å². The Labute approximate surface area is 222 Å². The van der Waals surface area contributed by atoms with Crippen molar-refractivity contribution in [1.29, 1.82) is 0 Å². The third kappa shape index (κ3) is 22.5. The minimum absolute atomic E-state index is 0.0293. The predicted octanol–water partition coefficient (Wildman–Crippen LogP) is 6.05. The van der Waals surface area contributed by atoms with Gasteiger partial charge >= 0.3 is 5.97 Å². The summed E-state index contributed by atoms with van der Waals surface area (Å²) in [7, 11) is -6.61. The van der Waals surface area contributed by atoms with Gasteiger partial charge in [-0.2, -0.15) is 0 Å². The maximum Gasteiger partial charge on any atom is 0.306 e. The summed E-state index contributed by atoms with van der Waals surface area (Å²) in [6, 6.07) is 0. The van der Waals surface area contributed by atoms with Crippen LogP contribution in [0.2, 0.25) is 0 Å². The Hall–Kier alpha value is -0.670. The highest BCUT2D eigenvalue weighted by atomic mass is 32.2. The van der Waals surface area contributed by atoms with Crippen LogP contribution >= 0.6 is 0 Å². The van der Waals surface area contributed by atoms with E-state index in [1.807, 2.05) is 0 Å². The fourth-order valence-electron chi connectivity index (χ4n) is 3.95. The summed E-state index contributed by atoms with van der Waals surface area (Å²) >= 11 is 0. The Morgan fingerprint density at radius 3 is 1.64 bits per heavy atom. The normalized spacial score (nSPS) is 13.1. The summed E-state index contributed by atoms with van der Waals surface area (Å²) in [5.41, 5.74) is 0. The maximum atomic E-state index is 12.6. The molecule has 1 atom stereocenters. The van der Waals surface area contributed by atoms with Crippen LogP contribution in [0, 0.1) is 0 Å². The molecule has 0 amide bonds. The van der Waals surface area contributed by atoms with Crippen molar-refractivity contribution in [2.45, 2.75) is 130 Å². The average Bonchev–Trinajstić information content (AvgIpc) is 2.81. The number of carbonyl (C=O) groups excluding carboxylic acids is 1. The molecule has 0 aliphatic heterocycles. The molecule has 0 aromatic rings. The molecule has 0 bridgehead atoms. The first kappa shape index (κ1) is 35.3. The first-order chi connectivity index (χ1) is 17.2. The summed E-state index contributed by atoms with van der Waals surface area (Å²) in [5, 5.41) is 0. The van der Waals surface area contributed by atoms with Crippen molar-refractivity contribution in [3.63, 3.8) is 0 Å². The fourth-order valence-corrected chi connectivity index (χ4v) is 6.72. The minimum atomic E-state index is -3.40. The molecular formula is C27H54O7S2. The zero-order chi connectivity index (χ0) is 27.1. The highest BCUT2D eigenvalue weighted by Gasteiger charge is 2.23. The number of esters is 1. The van der Waals surface area contributed by atoms with Crippen LogP contribution in [0.15, 0.2) is 0 Å². The standard InChI is InChI=1S/C27H54O7S2/c1-4-7-10-13-14-15-16-19-27(28)34-26(25-36(31,32)22-18-12-9-6-3)24-33-20-23-35(29,30)21-17-11-8-5-2/h26H,4-25H2,1-3H3/t26-/m0/s1. The summed E-state index contributed by atoms with van der Waals surface area (Å²) in [6.45, 7) is 6.18.